The van der Waals surface area contributed by atoms with Crippen molar-refractivity contribution >= 4 is 5.65 Å². The summed E-state index contributed by atoms with van der Waals surface area (Å²) in [4.78, 5) is 18.3. The predicted octanol–water partition coefficient (Wildman–Crippen LogP) is -0.618. The first-order valence-electron chi connectivity index (χ1n) is 4.97. The van der Waals surface area contributed by atoms with Crippen LogP contribution in [0.5, 0.6) is 0 Å². The van der Waals surface area contributed by atoms with E-state index in [-0.39, 0.29) is 5.56 Å². The van der Waals surface area contributed by atoms with E-state index in [1.807, 2.05) is 5.34 Å². The van der Waals surface area contributed by atoms with Crippen LogP contribution >= 0.6 is 0 Å². The van der Waals surface area contributed by atoms with Gasteiger partial charge in [-0.2, -0.15) is 5.26 Å². The molecular weight excluding hydrogens is 256 g/mol. The van der Waals surface area contributed by atoms with Gasteiger partial charge in [0.15, 0.2) is 5.34 Å². The molecule has 0 aliphatic rings. The third-order valence-electron chi connectivity index (χ3n) is 2.61. The van der Waals surface area contributed by atoms with Crippen molar-refractivity contribution in [1.29, 1.82) is 5.26 Å². The third-order valence-corrected chi connectivity index (χ3v) is 2.61. The highest BCUT2D eigenvalue weighted by Gasteiger charge is 2.56. The average molecular weight is 264 g/mol. The fraction of sp³-hybridized carbons (Fsp3) is 0.200. The number of nitrogens with zero attached hydrogens (tertiary/aromatic N) is 4. The van der Waals surface area contributed by atoms with E-state index in [2.05, 4.69) is 9.82 Å². The van der Waals surface area contributed by atoms with Crippen LogP contribution in [0.2, 0.25) is 0 Å². The number of hydrogen-bond acceptors (Lipinski definition) is 8. The van der Waals surface area contributed by atoms with Crippen LogP contribution in [0.1, 0.15) is 5.56 Å². The van der Waals surface area contributed by atoms with Crippen LogP contribution in [-0.2, 0) is 10.4 Å². The predicted molar refractivity (Wildman–Crippen MR) is 58.8 cm³/mol. The molecule has 0 fully saturated rings. The molecule has 3 N–H and O–H groups in total. The molecule has 2 aromatic rings. The van der Waals surface area contributed by atoms with Gasteiger partial charge in [-0.15, -0.1) is 4.91 Å². The number of nitriles is 1. The number of pyridine rings is 1. The highest BCUT2D eigenvalue weighted by atomic mass is 16.8. The first kappa shape index (κ1) is 12.9. The van der Waals surface area contributed by atoms with Crippen molar-refractivity contribution in [2.24, 2.45) is 5.34 Å². The molecular formula is C10H8N4O5. The Morgan fingerprint density at radius 2 is 2.16 bits per heavy atom. The second kappa shape index (κ2) is 4.29. The molecule has 1 unspecified atom stereocenters. The molecule has 1 atom stereocenters. The molecule has 2 aromatic heterocycles. The number of hydrogen-bond donors (Lipinski definition) is 3. The molecule has 2 rings (SSSR count). The van der Waals surface area contributed by atoms with Crippen LogP contribution < -0.4 is 0 Å². The standard InChI is InChI=1S/C10H8N4O5/c11-6-9(19-13-18,10(15,16)17)7-1-3-14-4-2-12-8(14)5-7/h1-5,15-17H. The fourth-order valence-corrected chi connectivity index (χ4v) is 1.65. The van der Waals surface area contributed by atoms with E-state index in [0.29, 0.717) is 5.65 Å². The number of aromatic nitrogens is 2. The normalized spacial score (nSPS) is 14.6. The minimum absolute atomic E-state index is 0.194. The Labute approximate surface area is 105 Å². The summed E-state index contributed by atoms with van der Waals surface area (Å²) < 4.78 is 1.56. The van der Waals surface area contributed by atoms with Crippen LogP contribution in [0.4, 0.5) is 0 Å². The summed E-state index contributed by atoms with van der Waals surface area (Å²) in [5.41, 5.74) is -2.63. The van der Waals surface area contributed by atoms with Crippen LogP contribution in [0.25, 0.3) is 5.65 Å². The lowest BCUT2D eigenvalue weighted by molar-refractivity contribution is -0.389. The minimum atomic E-state index is -3.62. The van der Waals surface area contributed by atoms with Gasteiger partial charge in [0.25, 0.3) is 0 Å². The van der Waals surface area contributed by atoms with Crippen molar-refractivity contribution in [2.75, 3.05) is 0 Å². The largest absolute Gasteiger partial charge is 0.339 e. The van der Waals surface area contributed by atoms with Gasteiger partial charge in [0.05, 0.1) is 0 Å². The Morgan fingerprint density at radius 3 is 2.74 bits per heavy atom. The third kappa shape index (κ3) is 1.89. The van der Waals surface area contributed by atoms with E-state index < -0.39 is 11.6 Å². The van der Waals surface area contributed by atoms with Crippen LogP contribution in [0, 0.1) is 16.2 Å². The van der Waals surface area contributed by atoms with Gasteiger partial charge in [0.1, 0.15) is 11.7 Å². The molecule has 0 radical (unpaired) electrons. The van der Waals surface area contributed by atoms with E-state index >= 15 is 0 Å². The van der Waals surface area contributed by atoms with Crippen LogP contribution in [0.3, 0.4) is 0 Å². The van der Waals surface area contributed by atoms with Gasteiger partial charge in [0, 0.05) is 24.2 Å². The Bertz CT molecular complexity index is 656. The molecule has 0 saturated heterocycles. The summed E-state index contributed by atoms with van der Waals surface area (Å²) in [5, 5.41) is 38.9. The Morgan fingerprint density at radius 1 is 1.42 bits per heavy atom. The molecule has 9 nitrogen and oxygen atoms in total. The maximum atomic E-state index is 10.2. The maximum absolute atomic E-state index is 10.2. The number of fused-ring (bicyclic) bond motifs is 1. The molecule has 0 amide bonds. The highest BCUT2D eigenvalue weighted by molar-refractivity contribution is 5.45. The van der Waals surface area contributed by atoms with Gasteiger partial charge >= 0.3 is 11.6 Å². The summed E-state index contributed by atoms with van der Waals surface area (Å²) >= 11 is 0. The molecule has 2 heterocycles. The first-order chi connectivity index (χ1) is 8.94. The van der Waals surface area contributed by atoms with Crippen molar-refractivity contribution in [1.82, 2.24) is 9.38 Å². The second-order valence-electron chi connectivity index (χ2n) is 3.70. The zero-order valence-corrected chi connectivity index (χ0v) is 9.33. The van der Waals surface area contributed by atoms with Crippen molar-refractivity contribution in [3.05, 3.63) is 41.2 Å². The fourth-order valence-electron chi connectivity index (χ4n) is 1.65. The Kier molecular flexibility index (Phi) is 2.91. The molecule has 0 aliphatic carbocycles. The number of aliphatic hydroxyl groups is 3. The van der Waals surface area contributed by atoms with Gasteiger partial charge in [-0.05, 0) is 12.1 Å². The molecule has 0 saturated carbocycles. The molecule has 0 aromatic carbocycles. The highest BCUT2D eigenvalue weighted by Crippen LogP contribution is 2.34. The van der Waals surface area contributed by atoms with E-state index in [4.69, 9.17) is 5.26 Å². The molecule has 9 heteroatoms. The van der Waals surface area contributed by atoms with E-state index in [1.54, 1.807) is 10.6 Å². The van der Waals surface area contributed by atoms with E-state index in [1.165, 1.54) is 30.6 Å². The van der Waals surface area contributed by atoms with Gasteiger partial charge < -0.3 is 24.6 Å². The van der Waals surface area contributed by atoms with E-state index in [0.717, 1.165) is 0 Å². The lowest BCUT2D eigenvalue weighted by Gasteiger charge is -2.30. The van der Waals surface area contributed by atoms with Gasteiger partial charge in [0.2, 0.25) is 0 Å². The Balaban J connectivity index is 2.66. The van der Waals surface area contributed by atoms with Crippen molar-refractivity contribution in [2.45, 2.75) is 11.6 Å². The molecule has 0 aliphatic heterocycles. The molecule has 0 bridgehead atoms. The first-order valence-corrected chi connectivity index (χ1v) is 4.97. The molecule has 98 valence electrons. The maximum Gasteiger partial charge on any atom is 0.339 e. The van der Waals surface area contributed by atoms with Gasteiger partial charge in [-0.3, -0.25) is 0 Å². The van der Waals surface area contributed by atoms with Crippen molar-refractivity contribution < 1.29 is 20.2 Å². The van der Waals surface area contributed by atoms with Gasteiger partial charge in [-0.1, -0.05) is 0 Å². The summed E-state index contributed by atoms with van der Waals surface area (Å²) in [6.07, 6.45) is 4.51. The monoisotopic (exact) mass is 264 g/mol. The van der Waals surface area contributed by atoms with Gasteiger partial charge in [-0.25, -0.2) is 4.98 Å². The lowest BCUT2D eigenvalue weighted by atomic mass is 9.93. The lowest BCUT2D eigenvalue weighted by Crippen LogP contribution is -2.52. The van der Waals surface area contributed by atoms with Crippen molar-refractivity contribution in [3.63, 3.8) is 0 Å². The zero-order chi connectivity index (χ0) is 14.1. The van der Waals surface area contributed by atoms with Crippen LogP contribution in [-0.4, -0.2) is 30.7 Å². The molecule has 0 spiro atoms. The van der Waals surface area contributed by atoms with E-state index in [9.17, 15) is 20.2 Å². The average Bonchev–Trinajstić information content (AvgIpc) is 2.81. The number of imidazole rings is 1. The Hall–Kier alpha value is -2.54. The quantitative estimate of drug-likeness (QED) is 0.379. The topological polar surface area (TPSA) is 140 Å². The van der Waals surface area contributed by atoms with Crippen LogP contribution in [0.15, 0.2) is 36.1 Å². The molecule has 19 heavy (non-hydrogen) atoms. The smallest absolute Gasteiger partial charge is 0.339 e. The SMILES string of the molecule is N#CC(ON=O)(c1ccn2ccnc2c1)C(O)(O)O. The summed E-state index contributed by atoms with van der Waals surface area (Å²) in [6, 6.07) is 3.82. The summed E-state index contributed by atoms with van der Waals surface area (Å²) in [5.74, 6) is -3.62. The second-order valence-corrected chi connectivity index (χ2v) is 3.70. The zero-order valence-electron chi connectivity index (χ0n) is 9.33. The van der Waals surface area contributed by atoms with Crippen molar-refractivity contribution in [3.8, 4) is 6.07 Å². The summed E-state index contributed by atoms with van der Waals surface area (Å²) in [6.45, 7) is 0. The number of rotatable bonds is 4. The minimum Gasteiger partial charge on any atom is -0.339 e. The summed E-state index contributed by atoms with van der Waals surface area (Å²) in [7, 11) is 0.